The summed E-state index contributed by atoms with van der Waals surface area (Å²) in [7, 11) is 1.83. The molecule has 0 bridgehead atoms. The predicted molar refractivity (Wildman–Crippen MR) is 115 cm³/mol. The predicted octanol–water partition coefficient (Wildman–Crippen LogP) is 1.53. The fourth-order valence-corrected chi connectivity index (χ4v) is 3.27. The van der Waals surface area contributed by atoms with E-state index in [1.807, 2.05) is 25.4 Å². The molecule has 0 aliphatic carbocycles. The number of urea groups is 1. The highest BCUT2D eigenvalue weighted by molar-refractivity contribution is 5.89. The number of rotatable bonds is 6. The molecule has 3 heterocycles. The van der Waals surface area contributed by atoms with Gasteiger partial charge in [-0.15, -0.1) is 0 Å². The van der Waals surface area contributed by atoms with Crippen molar-refractivity contribution in [2.75, 3.05) is 36.5 Å². The molecular weight excluding hydrogens is 398 g/mol. The fraction of sp³-hybridized carbons (Fsp3) is 0.333. The van der Waals surface area contributed by atoms with Gasteiger partial charge in [-0.25, -0.2) is 14.8 Å². The van der Waals surface area contributed by atoms with Crippen LogP contribution in [0.5, 0.6) is 0 Å². The minimum absolute atomic E-state index is 0.163. The van der Waals surface area contributed by atoms with Gasteiger partial charge in [0.1, 0.15) is 5.82 Å². The minimum atomic E-state index is -0.301. The molecule has 0 spiro atoms. The summed E-state index contributed by atoms with van der Waals surface area (Å²) in [4.78, 5) is 23.4. The molecule has 2 amide bonds. The Morgan fingerprint density at radius 1 is 1.19 bits per heavy atom. The van der Waals surface area contributed by atoms with Crippen LogP contribution in [0.1, 0.15) is 11.3 Å². The van der Waals surface area contributed by atoms with Crippen LogP contribution in [-0.4, -0.2) is 57.2 Å². The van der Waals surface area contributed by atoms with Gasteiger partial charge in [0.05, 0.1) is 31.7 Å². The number of nitrogens with zero attached hydrogens (tertiary/aromatic N) is 5. The number of carbonyl (C=O) groups excluding carboxylic acids is 1. The normalized spacial score (nSPS) is 13.8. The summed E-state index contributed by atoms with van der Waals surface area (Å²) in [6.07, 6.45) is 3.56. The van der Waals surface area contributed by atoms with E-state index in [1.165, 1.54) is 0 Å². The van der Waals surface area contributed by atoms with Crippen molar-refractivity contribution in [1.29, 1.82) is 0 Å². The van der Waals surface area contributed by atoms with E-state index < -0.39 is 0 Å². The Kier molecular flexibility index (Phi) is 6.39. The second kappa shape index (κ2) is 9.54. The summed E-state index contributed by atoms with van der Waals surface area (Å²) in [6, 6.07) is 8.78. The van der Waals surface area contributed by atoms with E-state index >= 15 is 0 Å². The smallest absolute Gasteiger partial charge is 0.319 e. The third kappa shape index (κ3) is 5.36. The first-order valence-corrected chi connectivity index (χ1v) is 10.0. The van der Waals surface area contributed by atoms with Gasteiger partial charge in [-0.3, -0.25) is 4.68 Å². The molecule has 1 saturated heterocycles. The molecule has 3 N–H and O–H groups in total. The van der Waals surface area contributed by atoms with Crippen molar-refractivity contribution in [2.24, 2.45) is 7.05 Å². The van der Waals surface area contributed by atoms with Crippen LogP contribution in [0.3, 0.4) is 0 Å². The van der Waals surface area contributed by atoms with Gasteiger partial charge in [0.25, 0.3) is 0 Å². The molecular formula is C21H25N7O3. The molecule has 162 valence electrons. The second-order valence-corrected chi connectivity index (χ2v) is 7.21. The van der Waals surface area contributed by atoms with Crippen LogP contribution in [0.4, 0.5) is 16.3 Å². The highest BCUT2D eigenvalue weighted by Gasteiger charge is 2.15. The molecule has 1 aliphatic heterocycles. The summed E-state index contributed by atoms with van der Waals surface area (Å²) in [6.45, 7) is 3.03. The molecule has 0 unspecified atom stereocenters. The Hall–Kier alpha value is -3.50. The zero-order chi connectivity index (χ0) is 21.6. The van der Waals surface area contributed by atoms with E-state index in [2.05, 4.69) is 30.6 Å². The van der Waals surface area contributed by atoms with Crippen molar-refractivity contribution < 1.29 is 14.6 Å². The lowest BCUT2D eigenvalue weighted by Crippen LogP contribution is -2.37. The van der Waals surface area contributed by atoms with Gasteiger partial charge in [0, 0.05) is 55.8 Å². The van der Waals surface area contributed by atoms with Gasteiger partial charge in [0.15, 0.2) is 5.82 Å². The summed E-state index contributed by atoms with van der Waals surface area (Å²) >= 11 is 0. The first kappa shape index (κ1) is 20.8. The average molecular weight is 423 g/mol. The number of aliphatic hydroxyl groups is 1. The lowest BCUT2D eigenvalue weighted by Gasteiger charge is -2.28. The van der Waals surface area contributed by atoms with Gasteiger partial charge < -0.3 is 25.4 Å². The van der Waals surface area contributed by atoms with Crippen LogP contribution in [0.2, 0.25) is 0 Å². The molecule has 1 fully saturated rings. The highest BCUT2D eigenvalue weighted by atomic mass is 16.5. The molecule has 0 saturated carbocycles. The number of nitrogens with one attached hydrogen (secondary N) is 2. The van der Waals surface area contributed by atoms with E-state index in [0.29, 0.717) is 37.0 Å². The number of carbonyl (C=O) groups is 1. The fourth-order valence-electron chi connectivity index (χ4n) is 3.27. The standard InChI is InChI=1S/C21H25N7O3/c1-27-13-15(12-23-27)11-22-21(30)25-17-4-2-16(3-5-17)20-24-18(14-29)10-19(26-20)28-6-8-31-9-7-28/h2-5,10,12-13,29H,6-9,11,14H2,1H3,(H2,22,25,30). The number of morpholine rings is 1. The van der Waals surface area contributed by atoms with Gasteiger partial charge >= 0.3 is 6.03 Å². The first-order valence-electron chi connectivity index (χ1n) is 10.0. The Balaban J connectivity index is 1.42. The summed E-state index contributed by atoms with van der Waals surface area (Å²) in [5, 5.41) is 19.3. The lowest BCUT2D eigenvalue weighted by atomic mass is 10.2. The Morgan fingerprint density at radius 3 is 2.65 bits per heavy atom. The van der Waals surface area contributed by atoms with E-state index in [9.17, 15) is 9.90 Å². The number of ether oxygens (including phenoxy) is 1. The number of benzene rings is 1. The quantitative estimate of drug-likeness (QED) is 0.550. The van der Waals surface area contributed by atoms with Crippen LogP contribution in [-0.2, 0) is 24.9 Å². The zero-order valence-electron chi connectivity index (χ0n) is 17.3. The Labute approximate surface area is 179 Å². The average Bonchev–Trinajstić information content (AvgIpc) is 3.23. The third-order valence-electron chi connectivity index (χ3n) is 4.88. The minimum Gasteiger partial charge on any atom is -0.390 e. The molecule has 10 heteroatoms. The van der Waals surface area contributed by atoms with Crippen molar-refractivity contribution in [1.82, 2.24) is 25.1 Å². The van der Waals surface area contributed by atoms with Crippen molar-refractivity contribution >= 4 is 17.5 Å². The molecule has 10 nitrogen and oxygen atoms in total. The summed E-state index contributed by atoms with van der Waals surface area (Å²) in [5.41, 5.74) is 2.93. The number of anilines is 2. The summed E-state index contributed by atoms with van der Waals surface area (Å²) in [5.74, 6) is 1.30. The maximum absolute atomic E-state index is 12.1. The van der Waals surface area contributed by atoms with Crippen LogP contribution < -0.4 is 15.5 Å². The van der Waals surface area contributed by atoms with E-state index in [0.717, 1.165) is 30.0 Å². The number of aromatic nitrogens is 4. The number of aliphatic hydroxyl groups excluding tert-OH is 1. The van der Waals surface area contributed by atoms with Crippen molar-refractivity contribution in [2.45, 2.75) is 13.2 Å². The van der Waals surface area contributed by atoms with Gasteiger partial charge in [-0.1, -0.05) is 0 Å². The molecule has 1 aliphatic rings. The number of amides is 2. The van der Waals surface area contributed by atoms with E-state index in [1.54, 1.807) is 29.1 Å². The first-order chi connectivity index (χ1) is 15.1. The molecule has 0 atom stereocenters. The van der Waals surface area contributed by atoms with Crippen LogP contribution in [0.25, 0.3) is 11.4 Å². The number of hydrogen-bond acceptors (Lipinski definition) is 7. The van der Waals surface area contributed by atoms with Gasteiger partial charge in [-0.05, 0) is 24.3 Å². The molecule has 4 rings (SSSR count). The largest absolute Gasteiger partial charge is 0.390 e. The maximum Gasteiger partial charge on any atom is 0.319 e. The lowest BCUT2D eigenvalue weighted by molar-refractivity contribution is 0.122. The van der Waals surface area contributed by atoms with E-state index in [4.69, 9.17) is 4.74 Å². The number of aryl methyl sites for hydroxylation is 1. The van der Waals surface area contributed by atoms with Crippen LogP contribution in [0, 0.1) is 0 Å². The molecule has 3 aromatic rings. The van der Waals surface area contributed by atoms with Gasteiger partial charge in [0.2, 0.25) is 0 Å². The van der Waals surface area contributed by atoms with Gasteiger partial charge in [-0.2, -0.15) is 5.10 Å². The Morgan fingerprint density at radius 2 is 1.97 bits per heavy atom. The maximum atomic E-state index is 12.1. The highest BCUT2D eigenvalue weighted by Crippen LogP contribution is 2.23. The van der Waals surface area contributed by atoms with E-state index in [-0.39, 0.29) is 12.6 Å². The SMILES string of the molecule is Cn1cc(CNC(=O)Nc2ccc(-c3nc(CO)cc(N4CCOCC4)n3)cc2)cn1. The molecule has 0 radical (unpaired) electrons. The van der Waals surface area contributed by atoms with Crippen molar-refractivity contribution in [3.05, 3.63) is 54.0 Å². The topological polar surface area (TPSA) is 117 Å². The Bertz CT molecular complexity index is 1030. The monoisotopic (exact) mass is 423 g/mol. The molecule has 31 heavy (non-hydrogen) atoms. The zero-order valence-corrected chi connectivity index (χ0v) is 17.3. The second-order valence-electron chi connectivity index (χ2n) is 7.21. The summed E-state index contributed by atoms with van der Waals surface area (Å²) < 4.78 is 7.09. The van der Waals surface area contributed by atoms with Crippen molar-refractivity contribution in [3.63, 3.8) is 0 Å². The molecule has 2 aromatic heterocycles. The number of hydrogen-bond donors (Lipinski definition) is 3. The van der Waals surface area contributed by atoms with Crippen LogP contribution in [0.15, 0.2) is 42.7 Å². The van der Waals surface area contributed by atoms with Crippen LogP contribution >= 0.6 is 0 Å². The third-order valence-corrected chi connectivity index (χ3v) is 4.88. The van der Waals surface area contributed by atoms with Crippen molar-refractivity contribution in [3.8, 4) is 11.4 Å². The molecule has 1 aromatic carbocycles.